The standard InChI is InChI=1S/C7H9N5O4/c1-8-6-4(11(13)14)3-5(12(15)16)7(9-2)10-6/h3H,1-2H3,(H2,8,9,10). The van der Waals surface area contributed by atoms with Crippen molar-refractivity contribution >= 4 is 23.0 Å². The highest BCUT2D eigenvalue weighted by atomic mass is 16.6. The molecule has 0 aromatic carbocycles. The highest BCUT2D eigenvalue weighted by molar-refractivity contribution is 5.69. The summed E-state index contributed by atoms with van der Waals surface area (Å²) in [6, 6.07) is 0.866. The summed E-state index contributed by atoms with van der Waals surface area (Å²) >= 11 is 0. The van der Waals surface area contributed by atoms with E-state index >= 15 is 0 Å². The molecule has 1 aromatic rings. The lowest BCUT2D eigenvalue weighted by Gasteiger charge is -2.05. The van der Waals surface area contributed by atoms with Gasteiger partial charge in [0.05, 0.1) is 9.85 Å². The second-order valence-corrected chi connectivity index (χ2v) is 2.74. The Morgan fingerprint density at radius 2 is 1.44 bits per heavy atom. The maximum Gasteiger partial charge on any atom is 0.318 e. The topological polar surface area (TPSA) is 123 Å². The van der Waals surface area contributed by atoms with Gasteiger partial charge < -0.3 is 10.6 Å². The molecule has 0 amide bonds. The van der Waals surface area contributed by atoms with E-state index < -0.39 is 21.2 Å². The Hall–Kier alpha value is -2.45. The third kappa shape index (κ3) is 1.97. The van der Waals surface area contributed by atoms with Crippen LogP contribution in [0.15, 0.2) is 6.07 Å². The van der Waals surface area contributed by atoms with E-state index in [1.54, 1.807) is 0 Å². The first-order valence-corrected chi connectivity index (χ1v) is 4.20. The molecule has 1 aromatic heterocycles. The van der Waals surface area contributed by atoms with Gasteiger partial charge in [-0.3, -0.25) is 20.2 Å². The molecule has 0 aliphatic carbocycles. The fourth-order valence-corrected chi connectivity index (χ4v) is 1.14. The van der Waals surface area contributed by atoms with Crippen LogP contribution in [-0.4, -0.2) is 28.9 Å². The van der Waals surface area contributed by atoms with Gasteiger partial charge in [-0.15, -0.1) is 0 Å². The van der Waals surface area contributed by atoms with E-state index in [1.807, 2.05) is 0 Å². The maximum absolute atomic E-state index is 10.6. The molecule has 9 nitrogen and oxygen atoms in total. The Balaban J connectivity index is 3.46. The average Bonchev–Trinajstić information content (AvgIpc) is 2.26. The van der Waals surface area contributed by atoms with Crippen LogP contribution in [0.25, 0.3) is 0 Å². The summed E-state index contributed by atoms with van der Waals surface area (Å²) in [5, 5.41) is 26.3. The zero-order chi connectivity index (χ0) is 12.3. The van der Waals surface area contributed by atoms with Crippen LogP contribution in [0.4, 0.5) is 23.0 Å². The quantitative estimate of drug-likeness (QED) is 0.580. The van der Waals surface area contributed by atoms with Gasteiger partial charge in [-0.05, 0) is 0 Å². The number of rotatable bonds is 4. The molecule has 0 radical (unpaired) electrons. The highest BCUT2D eigenvalue weighted by Crippen LogP contribution is 2.31. The molecule has 86 valence electrons. The molecule has 1 rings (SSSR count). The van der Waals surface area contributed by atoms with Crippen molar-refractivity contribution < 1.29 is 9.85 Å². The third-order valence-electron chi connectivity index (χ3n) is 1.85. The van der Waals surface area contributed by atoms with Gasteiger partial charge in [-0.2, -0.15) is 0 Å². The Labute approximate surface area is 89.8 Å². The largest absolute Gasteiger partial charge is 0.367 e. The molecular weight excluding hydrogens is 218 g/mol. The van der Waals surface area contributed by atoms with Crippen LogP contribution < -0.4 is 10.6 Å². The molecule has 0 bridgehead atoms. The van der Waals surface area contributed by atoms with Crippen LogP contribution >= 0.6 is 0 Å². The molecule has 0 aliphatic heterocycles. The molecule has 1 heterocycles. The van der Waals surface area contributed by atoms with Crippen molar-refractivity contribution in [1.29, 1.82) is 0 Å². The minimum atomic E-state index is -0.731. The van der Waals surface area contributed by atoms with Gasteiger partial charge in [0.1, 0.15) is 6.07 Å². The molecule has 0 saturated heterocycles. The maximum atomic E-state index is 10.6. The van der Waals surface area contributed by atoms with Gasteiger partial charge in [-0.25, -0.2) is 4.98 Å². The summed E-state index contributed by atoms with van der Waals surface area (Å²) in [4.78, 5) is 23.6. The smallest absolute Gasteiger partial charge is 0.318 e. The van der Waals surface area contributed by atoms with Gasteiger partial charge in [0.15, 0.2) is 0 Å². The Morgan fingerprint density at radius 1 is 1.06 bits per heavy atom. The summed E-state index contributed by atoms with van der Waals surface area (Å²) in [6.07, 6.45) is 0. The molecule has 2 N–H and O–H groups in total. The molecule has 0 spiro atoms. The molecular formula is C7H9N5O4. The molecule has 0 aliphatic rings. The predicted octanol–water partition coefficient (Wildman–Crippen LogP) is 0.981. The number of hydrogen-bond acceptors (Lipinski definition) is 7. The van der Waals surface area contributed by atoms with Crippen LogP contribution in [0, 0.1) is 20.2 Å². The molecule has 16 heavy (non-hydrogen) atoms. The first kappa shape index (κ1) is 11.6. The number of anilines is 2. The van der Waals surface area contributed by atoms with Crippen LogP contribution in [0.2, 0.25) is 0 Å². The van der Waals surface area contributed by atoms with Crippen LogP contribution in [0.5, 0.6) is 0 Å². The zero-order valence-corrected chi connectivity index (χ0v) is 8.55. The third-order valence-corrected chi connectivity index (χ3v) is 1.85. The molecule has 0 saturated carbocycles. The van der Waals surface area contributed by atoms with Crippen molar-refractivity contribution in [1.82, 2.24) is 4.98 Å². The van der Waals surface area contributed by atoms with E-state index in [-0.39, 0.29) is 11.6 Å². The first-order chi connectivity index (χ1) is 7.51. The Morgan fingerprint density at radius 3 is 1.69 bits per heavy atom. The Bertz CT molecular complexity index is 409. The van der Waals surface area contributed by atoms with E-state index in [1.165, 1.54) is 14.1 Å². The summed E-state index contributed by atoms with van der Waals surface area (Å²) in [6.45, 7) is 0. The number of aromatic nitrogens is 1. The molecule has 9 heteroatoms. The van der Waals surface area contributed by atoms with Crippen molar-refractivity contribution in [3.05, 3.63) is 26.3 Å². The summed E-state index contributed by atoms with van der Waals surface area (Å²) in [5.41, 5.74) is -0.874. The minimum Gasteiger partial charge on any atom is -0.367 e. The van der Waals surface area contributed by atoms with E-state index in [0.717, 1.165) is 6.07 Å². The van der Waals surface area contributed by atoms with Crippen molar-refractivity contribution in [2.45, 2.75) is 0 Å². The van der Waals surface area contributed by atoms with Gasteiger partial charge in [0, 0.05) is 14.1 Å². The summed E-state index contributed by atoms with van der Waals surface area (Å²) in [7, 11) is 2.89. The van der Waals surface area contributed by atoms with Gasteiger partial charge in [-0.1, -0.05) is 0 Å². The SMILES string of the molecule is CNc1nc(NC)c([N+](=O)[O-])cc1[N+](=O)[O-]. The first-order valence-electron chi connectivity index (χ1n) is 4.20. The van der Waals surface area contributed by atoms with Gasteiger partial charge >= 0.3 is 11.4 Å². The van der Waals surface area contributed by atoms with E-state index in [2.05, 4.69) is 15.6 Å². The second kappa shape index (κ2) is 4.38. The van der Waals surface area contributed by atoms with Crippen molar-refractivity contribution in [3.8, 4) is 0 Å². The Kier molecular flexibility index (Phi) is 3.18. The van der Waals surface area contributed by atoms with E-state index in [9.17, 15) is 20.2 Å². The summed E-state index contributed by atoms with van der Waals surface area (Å²) in [5.74, 6) is -0.0556. The minimum absolute atomic E-state index is 0.0278. The van der Waals surface area contributed by atoms with E-state index in [0.29, 0.717) is 0 Å². The van der Waals surface area contributed by atoms with Crippen LogP contribution in [0.3, 0.4) is 0 Å². The molecule has 0 atom stereocenters. The molecule has 0 unspecified atom stereocenters. The zero-order valence-electron chi connectivity index (χ0n) is 8.55. The van der Waals surface area contributed by atoms with Crippen molar-refractivity contribution in [3.63, 3.8) is 0 Å². The lowest BCUT2D eigenvalue weighted by Crippen LogP contribution is -2.05. The fraction of sp³-hybridized carbons (Fsp3) is 0.286. The van der Waals surface area contributed by atoms with Crippen LogP contribution in [-0.2, 0) is 0 Å². The van der Waals surface area contributed by atoms with Gasteiger partial charge in [0.2, 0.25) is 11.6 Å². The average molecular weight is 227 g/mol. The predicted molar refractivity (Wildman–Crippen MR) is 56.6 cm³/mol. The van der Waals surface area contributed by atoms with Gasteiger partial charge in [0.25, 0.3) is 0 Å². The lowest BCUT2D eigenvalue weighted by atomic mass is 10.3. The number of pyridine rings is 1. The molecule has 0 fully saturated rings. The second-order valence-electron chi connectivity index (χ2n) is 2.74. The number of nitrogens with zero attached hydrogens (tertiary/aromatic N) is 3. The van der Waals surface area contributed by atoms with Crippen molar-refractivity contribution in [2.24, 2.45) is 0 Å². The highest BCUT2D eigenvalue weighted by Gasteiger charge is 2.24. The number of hydrogen-bond donors (Lipinski definition) is 2. The van der Waals surface area contributed by atoms with E-state index in [4.69, 9.17) is 0 Å². The monoisotopic (exact) mass is 227 g/mol. The number of nitro groups is 2. The number of nitrogens with one attached hydrogen (secondary N) is 2. The normalized spacial score (nSPS) is 9.62. The fourth-order valence-electron chi connectivity index (χ4n) is 1.14. The van der Waals surface area contributed by atoms with Crippen molar-refractivity contribution in [2.75, 3.05) is 24.7 Å². The summed E-state index contributed by atoms with van der Waals surface area (Å²) < 4.78 is 0. The van der Waals surface area contributed by atoms with Crippen LogP contribution in [0.1, 0.15) is 0 Å². The lowest BCUT2D eigenvalue weighted by molar-refractivity contribution is -0.393.